The first-order valence-corrected chi connectivity index (χ1v) is 19.7. The lowest BCUT2D eigenvalue weighted by molar-refractivity contribution is -0.146. The number of esters is 2. The third-order valence-corrected chi connectivity index (χ3v) is 11.5. The standard InChI is InChI=1S/C36H48N6O8S2/c1-49-35(47)27(19-23-11-5-3-6-12-23)39-31(43)29-15-9-17-41(29)33(45)25(37)21-51-52-22-26(38)34(46)42-18-10-16-30(42)32(44)40-28(36(48)50-2)20-24-13-7-4-8-14-24/h3-8,11-14,25-30H,9-10,15-22,37-38H2,1-2H3,(H,39,43)(H,40,44)/t25-,26-,27-,28-,29-,30-/m0/s1. The first-order valence-electron chi connectivity index (χ1n) is 17.2. The number of carbonyl (C=O) groups is 6. The minimum atomic E-state index is -0.913. The highest BCUT2D eigenvalue weighted by Gasteiger charge is 2.39. The number of methoxy groups -OCH3 is 2. The average molecular weight is 757 g/mol. The number of nitrogens with zero attached hydrogens (tertiary/aromatic N) is 2. The summed E-state index contributed by atoms with van der Waals surface area (Å²) in [5.74, 6) is -2.39. The van der Waals surface area contributed by atoms with Crippen molar-refractivity contribution in [3.63, 3.8) is 0 Å². The molecule has 2 aromatic rings. The van der Waals surface area contributed by atoms with E-state index in [1.807, 2.05) is 60.7 Å². The summed E-state index contributed by atoms with van der Waals surface area (Å²) in [6.45, 7) is 0.723. The number of nitrogens with two attached hydrogens (primary N) is 2. The van der Waals surface area contributed by atoms with E-state index in [0.717, 1.165) is 11.1 Å². The lowest BCUT2D eigenvalue weighted by Gasteiger charge is -2.28. The van der Waals surface area contributed by atoms with Crippen molar-refractivity contribution in [2.75, 3.05) is 38.8 Å². The van der Waals surface area contributed by atoms with E-state index in [4.69, 9.17) is 20.9 Å². The highest BCUT2D eigenvalue weighted by molar-refractivity contribution is 8.76. The van der Waals surface area contributed by atoms with Gasteiger partial charge in [-0.2, -0.15) is 0 Å². The zero-order valence-corrected chi connectivity index (χ0v) is 31.1. The van der Waals surface area contributed by atoms with Crippen LogP contribution in [0.15, 0.2) is 60.7 Å². The summed E-state index contributed by atoms with van der Waals surface area (Å²) in [5, 5.41) is 5.53. The zero-order chi connectivity index (χ0) is 37.6. The summed E-state index contributed by atoms with van der Waals surface area (Å²) < 4.78 is 9.82. The first-order chi connectivity index (χ1) is 25.0. The molecule has 0 aromatic heterocycles. The molecule has 0 unspecified atom stereocenters. The number of rotatable bonds is 17. The molecule has 0 spiro atoms. The summed E-state index contributed by atoms with van der Waals surface area (Å²) in [7, 11) is 5.09. The van der Waals surface area contributed by atoms with Gasteiger partial charge in [0.15, 0.2) is 0 Å². The Bertz CT molecular complexity index is 1420. The van der Waals surface area contributed by atoms with Crippen LogP contribution >= 0.6 is 21.6 Å². The fraction of sp³-hybridized carbons (Fsp3) is 0.500. The van der Waals surface area contributed by atoms with Gasteiger partial charge in [0.25, 0.3) is 0 Å². The molecule has 2 saturated heterocycles. The van der Waals surface area contributed by atoms with Gasteiger partial charge in [0.1, 0.15) is 24.2 Å². The van der Waals surface area contributed by atoms with E-state index in [0.29, 0.717) is 38.8 Å². The SMILES string of the molecule is COC(=O)[C@H](Cc1ccccc1)NC(=O)[C@@H]1CCCN1C(=O)[C@@H](N)CSSC[C@H](N)C(=O)N1CCC[C@H]1C(=O)N[C@@H](Cc1ccccc1)C(=O)OC. The second-order valence-electron chi connectivity index (χ2n) is 12.7. The van der Waals surface area contributed by atoms with Gasteiger partial charge in [-0.15, -0.1) is 0 Å². The fourth-order valence-electron chi connectivity index (χ4n) is 6.32. The topological polar surface area (TPSA) is 203 Å². The van der Waals surface area contributed by atoms with Crippen LogP contribution in [0, 0.1) is 0 Å². The van der Waals surface area contributed by atoms with E-state index in [1.165, 1.54) is 45.6 Å². The Labute approximate surface area is 311 Å². The number of hydrogen-bond acceptors (Lipinski definition) is 12. The summed E-state index contributed by atoms with van der Waals surface area (Å²) in [6, 6.07) is 13.3. The highest BCUT2D eigenvalue weighted by Crippen LogP contribution is 2.26. The van der Waals surface area contributed by atoms with Gasteiger partial charge < -0.3 is 41.4 Å². The van der Waals surface area contributed by atoms with Gasteiger partial charge in [-0.1, -0.05) is 82.3 Å². The summed E-state index contributed by atoms with van der Waals surface area (Å²) in [5.41, 5.74) is 14.2. The second kappa shape index (κ2) is 20.2. The van der Waals surface area contributed by atoms with Crippen molar-refractivity contribution >= 4 is 57.2 Å². The molecule has 14 nitrogen and oxygen atoms in total. The number of benzene rings is 2. The van der Waals surface area contributed by atoms with Gasteiger partial charge >= 0.3 is 11.9 Å². The predicted molar refractivity (Wildman–Crippen MR) is 199 cm³/mol. The molecule has 52 heavy (non-hydrogen) atoms. The molecule has 282 valence electrons. The smallest absolute Gasteiger partial charge is 0.328 e. The quantitative estimate of drug-likeness (QED) is 0.101. The number of hydrogen-bond donors (Lipinski definition) is 4. The third-order valence-electron chi connectivity index (χ3n) is 9.06. The van der Waals surface area contributed by atoms with Crippen molar-refractivity contribution in [3.05, 3.63) is 71.8 Å². The number of ether oxygens (including phenoxy) is 2. The monoisotopic (exact) mass is 756 g/mol. The van der Waals surface area contributed by atoms with E-state index < -0.39 is 60.0 Å². The first kappa shape index (κ1) is 40.6. The average Bonchev–Trinajstić information content (AvgIpc) is 3.86. The summed E-state index contributed by atoms with van der Waals surface area (Å²) in [4.78, 5) is 81.1. The molecule has 16 heteroatoms. The number of likely N-dealkylation sites (tertiary alicyclic amines) is 2. The number of amides is 4. The van der Waals surface area contributed by atoms with Gasteiger partial charge in [0.2, 0.25) is 23.6 Å². The van der Waals surface area contributed by atoms with Gasteiger partial charge in [-0.25, -0.2) is 9.59 Å². The maximum atomic E-state index is 13.3. The zero-order valence-electron chi connectivity index (χ0n) is 29.4. The molecule has 2 aliphatic heterocycles. The van der Waals surface area contributed by atoms with Crippen LogP contribution in [-0.2, 0) is 51.1 Å². The van der Waals surface area contributed by atoms with Crippen LogP contribution in [0.2, 0.25) is 0 Å². The number of carbonyl (C=O) groups excluding carboxylic acids is 6. The lowest BCUT2D eigenvalue weighted by Crippen LogP contribution is -2.55. The Morgan fingerprint density at radius 2 is 1.04 bits per heavy atom. The molecule has 2 aromatic carbocycles. The molecule has 0 bridgehead atoms. The second-order valence-corrected chi connectivity index (χ2v) is 15.3. The minimum absolute atomic E-state index is 0.207. The Kier molecular flexibility index (Phi) is 15.8. The van der Waals surface area contributed by atoms with Crippen LogP contribution in [0.3, 0.4) is 0 Å². The van der Waals surface area contributed by atoms with Crippen LogP contribution in [0.4, 0.5) is 0 Å². The Balaban J connectivity index is 1.23. The van der Waals surface area contributed by atoms with Crippen molar-refractivity contribution in [2.24, 2.45) is 11.5 Å². The maximum Gasteiger partial charge on any atom is 0.328 e. The normalized spacial score (nSPS) is 19.2. The van der Waals surface area contributed by atoms with Gasteiger partial charge in [-0.05, 0) is 36.8 Å². The highest BCUT2D eigenvalue weighted by atomic mass is 33.1. The van der Waals surface area contributed by atoms with Crippen LogP contribution in [0.1, 0.15) is 36.8 Å². The molecule has 4 rings (SSSR count). The lowest BCUT2D eigenvalue weighted by atomic mass is 10.1. The fourth-order valence-corrected chi connectivity index (χ4v) is 8.55. The molecule has 0 saturated carbocycles. The molecular weight excluding hydrogens is 709 g/mol. The molecule has 2 aliphatic rings. The van der Waals surface area contributed by atoms with Crippen molar-refractivity contribution in [2.45, 2.75) is 74.8 Å². The van der Waals surface area contributed by atoms with Crippen LogP contribution in [-0.4, -0.2) is 120 Å². The Hall–Kier alpha value is -4.12. The van der Waals surface area contributed by atoms with Gasteiger partial charge in [0, 0.05) is 37.4 Å². The Morgan fingerprint density at radius 3 is 1.38 bits per heavy atom. The minimum Gasteiger partial charge on any atom is -0.467 e. The van der Waals surface area contributed by atoms with Crippen LogP contribution in [0.5, 0.6) is 0 Å². The van der Waals surface area contributed by atoms with Crippen molar-refractivity contribution in [1.82, 2.24) is 20.4 Å². The van der Waals surface area contributed by atoms with E-state index in [-0.39, 0.29) is 36.2 Å². The van der Waals surface area contributed by atoms with Gasteiger partial charge in [0.05, 0.1) is 26.3 Å². The summed E-state index contributed by atoms with van der Waals surface area (Å²) in [6.07, 6.45) is 2.59. The molecule has 6 N–H and O–H groups in total. The van der Waals surface area contributed by atoms with Crippen LogP contribution in [0.25, 0.3) is 0 Å². The van der Waals surface area contributed by atoms with Crippen molar-refractivity contribution < 1.29 is 38.2 Å². The molecule has 0 aliphatic carbocycles. The molecular formula is C36H48N6O8S2. The van der Waals surface area contributed by atoms with E-state index in [1.54, 1.807) is 0 Å². The maximum absolute atomic E-state index is 13.3. The molecule has 2 heterocycles. The molecule has 6 atom stereocenters. The van der Waals surface area contributed by atoms with E-state index >= 15 is 0 Å². The van der Waals surface area contributed by atoms with Crippen molar-refractivity contribution in [3.8, 4) is 0 Å². The largest absolute Gasteiger partial charge is 0.467 e. The van der Waals surface area contributed by atoms with Crippen molar-refractivity contribution in [1.29, 1.82) is 0 Å². The molecule has 0 radical (unpaired) electrons. The third kappa shape index (κ3) is 11.2. The summed E-state index contributed by atoms with van der Waals surface area (Å²) >= 11 is 0. The van der Waals surface area contributed by atoms with E-state index in [2.05, 4.69) is 10.6 Å². The predicted octanol–water partition coefficient (Wildman–Crippen LogP) is 0.805. The van der Waals surface area contributed by atoms with Gasteiger partial charge in [-0.3, -0.25) is 19.2 Å². The van der Waals surface area contributed by atoms with E-state index in [9.17, 15) is 28.8 Å². The molecule has 4 amide bonds. The number of nitrogens with one attached hydrogen (secondary N) is 2. The molecule has 2 fully saturated rings. The Morgan fingerprint density at radius 1 is 0.673 bits per heavy atom. The van der Waals surface area contributed by atoms with Crippen LogP contribution < -0.4 is 22.1 Å².